The van der Waals surface area contributed by atoms with E-state index in [2.05, 4.69) is 15.6 Å². The predicted octanol–water partition coefficient (Wildman–Crippen LogP) is 3.22. The van der Waals surface area contributed by atoms with E-state index < -0.39 is 4.92 Å². The molecule has 1 aromatic carbocycles. The van der Waals surface area contributed by atoms with Gasteiger partial charge in [0.15, 0.2) is 0 Å². The number of hydrogen-bond acceptors (Lipinski definition) is 5. The van der Waals surface area contributed by atoms with Crippen molar-refractivity contribution in [3.63, 3.8) is 0 Å². The van der Waals surface area contributed by atoms with Gasteiger partial charge >= 0.3 is 5.69 Å². The number of aromatic nitrogens is 1. The molecule has 0 saturated heterocycles. The number of rotatable bonds is 4. The van der Waals surface area contributed by atoms with Gasteiger partial charge in [0.1, 0.15) is 11.6 Å². The van der Waals surface area contributed by atoms with Crippen molar-refractivity contribution in [2.45, 2.75) is 6.92 Å². The molecular weight excluding hydrogens is 263 g/mol. The van der Waals surface area contributed by atoms with Gasteiger partial charge in [-0.15, -0.1) is 0 Å². The molecule has 0 atom stereocenters. The number of pyridine rings is 1. The number of halogens is 1. The first-order valence-electron chi connectivity index (χ1n) is 5.87. The summed E-state index contributed by atoms with van der Waals surface area (Å²) in [5, 5.41) is 16.7. The second-order valence-corrected chi connectivity index (χ2v) is 4.16. The number of anilines is 3. The summed E-state index contributed by atoms with van der Waals surface area (Å²) in [4.78, 5) is 14.6. The molecule has 7 heteroatoms. The quantitative estimate of drug-likeness (QED) is 0.662. The Morgan fingerprint density at radius 2 is 2.05 bits per heavy atom. The maximum atomic E-state index is 13.1. The highest BCUT2D eigenvalue weighted by molar-refractivity contribution is 5.69. The summed E-state index contributed by atoms with van der Waals surface area (Å²) < 4.78 is 13.1. The van der Waals surface area contributed by atoms with Crippen LogP contribution < -0.4 is 10.6 Å². The maximum absolute atomic E-state index is 13.1. The third-order valence-electron chi connectivity index (χ3n) is 2.77. The lowest BCUT2D eigenvalue weighted by Crippen LogP contribution is -2.03. The molecule has 0 radical (unpaired) electrons. The molecule has 6 nitrogen and oxygen atoms in total. The number of nitrogens with one attached hydrogen (secondary N) is 2. The van der Waals surface area contributed by atoms with Crippen LogP contribution in [0.4, 0.5) is 27.4 Å². The van der Waals surface area contributed by atoms with Gasteiger partial charge in [-0.25, -0.2) is 9.37 Å². The van der Waals surface area contributed by atoms with Crippen molar-refractivity contribution in [2.24, 2.45) is 0 Å². The van der Waals surface area contributed by atoms with E-state index in [-0.39, 0.29) is 17.3 Å². The van der Waals surface area contributed by atoms with Gasteiger partial charge in [-0.3, -0.25) is 10.1 Å². The Labute approximate surface area is 114 Å². The molecule has 1 heterocycles. The minimum absolute atomic E-state index is 0.108. The lowest BCUT2D eigenvalue weighted by molar-refractivity contribution is -0.384. The van der Waals surface area contributed by atoms with Gasteiger partial charge in [0.05, 0.1) is 4.92 Å². The Morgan fingerprint density at radius 1 is 1.30 bits per heavy atom. The molecule has 0 unspecified atom stereocenters. The van der Waals surface area contributed by atoms with E-state index in [1.807, 2.05) is 0 Å². The van der Waals surface area contributed by atoms with E-state index in [1.165, 1.54) is 30.3 Å². The van der Waals surface area contributed by atoms with Crippen molar-refractivity contribution < 1.29 is 9.31 Å². The number of nitro groups is 1. The van der Waals surface area contributed by atoms with Crippen LogP contribution in [0.2, 0.25) is 0 Å². The van der Waals surface area contributed by atoms with Crippen LogP contribution in [0.1, 0.15) is 5.56 Å². The van der Waals surface area contributed by atoms with Gasteiger partial charge in [-0.1, -0.05) is 0 Å². The summed E-state index contributed by atoms with van der Waals surface area (Å²) in [6.45, 7) is 1.71. The molecule has 2 aromatic rings. The van der Waals surface area contributed by atoms with E-state index >= 15 is 0 Å². The fraction of sp³-hybridized carbons (Fsp3) is 0.154. The minimum Gasteiger partial charge on any atom is -0.373 e. The highest BCUT2D eigenvalue weighted by Crippen LogP contribution is 2.28. The zero-order chi connectivity index (χ0) is 14.7. The van der Waals surface area contributed by atoms with Crippen molar-refractivity contribution in [2.75, 3.05) is 17.7 Å². The first-order valence-corrected chi connectivity index (χ1v) is 5.87. The molecule has 0 fully saturated rings. The van der Waals surface area contributed by atoms with Gasteiger partial charge < -0.3 is 10.6 Å². The fourth-order valence-electron chi connectivity index (χ4n) is 1.73. The highest BCUT2D eigenvalue weighted by atomic mass is 19.1. The first kappa shape index (κ1) is 13.7. The fourth-order valence-corrected chi connectivity index (χ4v) is 1.73. The van der Waals surface area contributed by atoms with Gasteiger partial charge in [-0.2, -0.15) is 0 Å². The summed E-state index contributed by atoms with van der Waals surface area (Å²) >= 11 is 0. The number of benzene rings is 1. The zero-order valence-electron chi connectivity index (χ0n) is 11.0. The lowest BCUT2D eigenvalue weighted by Gasteiger charge is -2.10. The average Bonchev–Trinajstić information content (AvgIpc) is 2.41. The number of nitrogens with zero attached hydrogens (tertiary/aromatic N) is 2. The van der Waals surface area contributed by atoms with Gasteiger partial charge in [0, 0.05) is 18.8 Å². The molecule has 20 heavy (non-hydrogen) atoms. The molecule has 0 saturated carbocycles. The van der Waals surface area contributed by atoms with E-state index in [0.29, 0.717) is 17.1 Å². The Kier molecular flexibility index (Phi) is 3.79. The van der Waals surface area contributed by atoms with Gasteiger partial charge in [0.2, 0.25) is 5.82 Å². The number of aryl methyl sites for hydroxylation is 1. The lowest BCUT2D eigenvalue weighted by atomic mass is 10.2. The molecular formula is C13H13FN4O2. The van der Waals surface area contributed by atoms with Crippen LogP contribution in [0.5, 0.6) is 0 Å². The van der Waals surface area contributed by atoms with Gasteiger partial charge in [-0.05, 0) is 36.8 Å². The molecule has 0 aliphatic carbocycles. The second-order valence-electron chi connectivity index (χ2n) is 4.16. The third-order valence-corrected chi connectivity index (χ3v) is 2.77. The number of hydrogen-bond donors (Lipinski definition) is 2. The van der Waals surface area contributed by atoms with Crippen LogP contribution in [0.3, 0.4) is 0 Å². The van der Waals surface area contributed by atoms with Crippen LogP contribution in [-0.4, -0.2) is 17.0 Å². The van der Waals surface area contributed by atoms with E-state index in [0.717, 1.165) is 0 Å². The topological polar surface area (TPSA) is 80.1 Å². The Bertz CT molecular complexity index is 661. The average molecular weight is 276 g/mol. The van der Waals surface area contributed by atoms with Crippen molar-refractivity contribution in [1.29, 1.82) is 0 Å². The zero-order valence-corrected chi connectivity index (χ0v) is 11.0. The normalized spacial score (nSPS) is 10.2. The molecule has 0 bridgehead atoms. The summed E-state index contributed by atoms with van der Waals surface area (Å²) in [7, 11) is 1.67. The van der Waals surface area contributed by atoms with Crippen LogP contribution in [0.25, 0.3) is 0 Å². The molecule has 0 amide bonds. The Balaban J connectivity index is 2.43. The predicted molar refractivity (Wildman–Crippen MR) is 74.9 cm³/mol. The summed E-state index contributed by atoms with van der Waals surface area (Å²) in [6.07, 6.45) is 0. The Morgan fingerprint density at radius 3 is 2.65 bits per heavy atom. The Hall–Kier alpha value is -2.70. The maximum Gasteiger partial charge on any atom is 0.311 e. The second kappa shape index (κ2) is 5.52. The molecule has 0 spiro atoms. The van der Waals surface area contributed by atoms with Crippen LogP contribution in [-0.2, 0) is 0 Å². The van der Waals surface area contributed by atoms with Crippen molar-refractivity contribution in [3.05, 3.63) is 51.8 Å². The first-order chi connectivity index (χ1) is 9.51. The smallest absolute Gasteiger partial charge is 0.311 e. The monoisotopic (exact) mass is 276 g/mol. The van der Waals surface area contributed by atoms with Crippen LogP contribution in [0, 0.1) is 22.9 Å². The van der Waals surface area contributed by atoms with Crippen LogP contribution in [0.15, 0.2) is 30.3 Å². The molecule has 1 aromatic heterocycles. The molecule has 104 valence electrons. The van der Waals surface area contributed by atoms with Crippen molar-refractivity contribution >= 4 is 23.0 Å². The molecule has 0 aliphatic rings. The molecule has 2 rings (SSSR count). The minimum atomic E-state index is -0.520. The third kappa shape index (κ3) is 2.82. The summed E-state index contributed by atoms with van der Waals surface area (Å²) in [5.41, 5.74) is 1.05. The summed E-state index contributed by atoms with van der Waals surface area (Å²) in [5.74, 6) is 0.244. The van der Waals surface area contributed by atoms with Crippen LogP contribution >= 0.6 is 0 Å². The highest BCUT2D eigenvalue weighted by Gasteiger charge is 2.16. The van der Waals surface area contributed by atoms with E-state index in [4.69, 9.17) is 0 Å². The standard InChI is InChI=1S/C13H13FN4O2/c1-8-7-9(14)3-4-10(8)16-13-11(18(19)20)5-6-12(15-2)17-13/h3-7H,1-2H3,(H2,15,16,17). The largest absolute Gasteiger partial charge is 0.373 e. The van der Waals surface area contributed by atoms with Gasteiger partial charge in [0.25, 0.3) is 0 Å². The summed E-state index contributed by atoms with van der Waals surface area (Å²) in [6, 6.07) is 7.02. The van der Waals surface area contributed by atoms with Crippen molar-refractivity contribution in [3.8, 4) is 0 Å². The van der Waals surface area contributed by atoms with E-state index in [1.54, 1.807) is 14.0 Å². The molecule has 0 aliphatic heterocycles. The van der Waals surface area contributed by atoms with E-state index in [9.17, 15) is 14.5 Å². The molecule has 2 N–H and O–H groups in total. The van der Waals surface area contributed by atoms with Crippen molar-refractivity contribution in [1.82, 2.24) is 4.98 Å². The SMILES string of the molecule is CNc1ccc([N+](=O)[O-])c(Nc2ccc(F)cc2C)n1.